The number of ether oxygens (including phenoxy) is 1. The van der Waals surface area contributed by atoms with Crippen molar-refractivity contribution in [2.24, 2.45) is 0 Å². The molecule has 0 spiro atoms. The molecule has 1 unspecified atom stereocenters. The van der Waals surface area contributed by atoms with E-state index in [0.717, 1.165) is 16.9 Å². The Morgan fingerprint density at radius 1 is 0.905 bits per heavy atom. The van der Waals surface area contributed by atoms with Gasteiger partial charge in [0.1, 0.15) is 12.3 Å². The van der Waals surface area contributed by atoms with Crippen LogP contribution >= 0.6 is 23.2 Å². The molecule has 0 aliphatic carbocycles. The highest BCUT2D eigenvalue weighted by atomic mass is 35.5. The maximum absolute atomic E-state index is 13.7. The summed E-state index contributed by atoms with van der Waals surface area (Å²) in [7, 11) is 1.58. The van der Waals surface area contributed by atoms with Crippen molar-refractivity contribution in [1.82, 2.24) is 20.0 Å². The summed E-state index contributed by atoms with van der Waals surface area (Å²) < 4.78 is 5.24. The number of aromatic nitrogens is 2. The summed E-state index contributed by atoms with van der Waals surface area (Å²) in [5, 5.41) is 9.84. The molecule has 1 aromatic heterocycles. The fraction of sp³-hybridized carbons (Fsp3) is 0.250. The fourth-order valence-corrected chi connectivity index (χ4v) is 5.47. The van der Waals surface area contributed by atoms with Gasteiger partial charge in [0, 0.05) is 42.3 Å². The number of hydrogen-bond donors (Lipinski definition) is 0. The molecule has 3 aromatic carbocycles. The molecule has 4 aromatic rings. The molecule has 0 radical (unpaired) electrons. The van der Waals surface area contributed by atoms with Gasteiger partial charge in [0.25, 0.3) is 5.91 Å². The average molecular weight is 605 g/mol. The summed E-state index contributed by atoms with van der Waals surface area (Å²) in [5.74, 6) is 1.08. The molecule has 2 amide bonds. The highest BCUT2D eigenvalue weighted by Gasteiger charge is 2.29. The molecule has 8 nitrogen and oxygen atoms in total. The summed E-state index contributed by atoms with van der Waals surface area (Å²) in [5.41, 5.74) is 2.87. The molecule has 1 fully saturated rings. The van der Waals surface area contributed by atoms with E-state index in [2.05, 4.69) is 15.1 Å². The summed E-state index contributed by atoms with van der Waals surface area (Å²) >= 11 is 12.3. The van der Waals surface area contributed by atoms with Crippen LogP contribution in [0, 0.1) is 0 Å². The molecule has 216 valence electrons. The van der Waals surface area contributed by atoms with E-state index in [1.807, 2.05) is 55.5 Å². The van der Waals surface area contributed by atoms with Crippen molar-refractivity contribution in [3.8, 4) is 17.0 Å². The number of carbonyl (C=O) groups excluding carboxylic acids is 2. The summed E-state index contributed by atoms with van der Waals surface area (Å²) in [6.45, 7) is 4.13. The van der Waals surface area contributed by atoms with E-state index >= 15 is 0 Å². The van der Waals surface area contributed by atoms with Crippen molar-refractivity contribution in [3.63, 3.8) is 0 Å². The zero-order valence-electron chi connectivity index (χ0n) is 23.4. The van der Waals surface area contributed by atoms with Crippen LogP contribution in [-0.2, 0) is 4.79 Å². The highest BCUT2D eigenvalue weighted by Crippen LogP contribution is 2.29. The second-order valence-corrected chi connectivity index (χ2v) is 10.9. The fourth-order valence-electron chi connectivity index (χ4n) is 4.96. The minimum absolute atomic E-state index is 0.0305. The Kier molecular flexibility index (Phi) is 9.25. The first-order valence-electron chi connectivity index (χ1n) is 13.7. The van der Waals surface area contributed by atoms with Crippen LogP contribution in [0.4, 0.5) is 5.82 Å². The van der Waals surface area contributed by atoms with Gasteiger partial charge in [0.2, 0.25) is 5.91 Å². The van der Waals surface area contributed by atoms with Gasteiger partial charge >= 0.3 is 0 Å². The van der Waals surface area contributed by atoms with E-state index in [-0.39, 0.29) is 24.4 Å². The lowest BCUT2D eigenvalue weighted by Gasteiger charge is -2.37. The Morgan fingerprint density at radius 2 is 1.62 bits per heavy atom. The van der Waals surface area contributed by atoms with Gasteiger partial charge in [-0.1, -0.05) is 53.5 Å². The van der Waals surface area contributed by atoms with Crippen LogP contribution in [0.25, 0.3) is 11.3 Å². The largest absolute Gasteiger partial charge is 0.497 e. The third-order valence-corrected chi connectivity index (χ3v) is 8.01. The number of piperazine rings is 1. The van der Waals surface area contributed by atoms with E-state index in [1.54, 1.807) is 53.3 Å². The van der Waals surface area contributed by atoms with Gasteiger partial charge in [-0.2, -0.15) is 0 Å². The smallest absolute Gasteiger partial charge is 0.254 e. The van der Waals surface area contributed by atoms with Crippen LogP contribution in [0.3, 0.4) is 0 Å². The number of halogens is 2. The molecule has 1 saturated heterocycles. The van der Waals surface area contributed by atoms with Crippen molar-refractivity contribution in [2.75, 3.05) is 44.7 Å². The van der Waals surface area contributed by atoms with Crippen molar-refractivity contribution < 1.29 is 14.3 Å². The van der Waals surface area contributed by atoms with Gasteiger partial charge in [-0.15, -0.1) is 10.2 Å². The number of hydrogen-bond acceptors (Lipinski definition) is 6. The summed E-state index contributed by atoms with van der Waals surface area (Å²) in [4.78, 5) is 32.7. The third kappa shape index (κ3) is 6.66. The zero-order chi connectivity index (χ0) is 29.6. The number of carbonyl (C=O) groups is 2. The maximum atomic E-state index is 13.7. The first kappa shape index (κ1) is 29.4. The molecule has 42 heavy (non-hydrogen) atoms. The predicted molar refractivity (Wildman–Crippen MR) is 165 cm³/mol. The zero-order valence-corrected chi connectivity index (χ0v) is 24.9. The van der Waals surface area contributed by atoms with Crippen LogP contribution in [0.5, 0.6) is 5.75 Å². The quantitative estimate of drug-likeness (QED) is 0.245. The van der Waals surface area contributed by atoms with Crippen molar-refractivity contribution in [3.05, 3.63) is 106 Å². The van der Waals surface area contributed by atoms with Gasteiger partial charge in [-0.3, -0.25) is 9.59 Å². The lowest BCUT2D eigenvalue weighted by Crippen LogP contribution is -2.52. The number of anilines is 1. The van der Waals surface area contributed by atoms with E-state index in [4.69, 9.17) is 27.9 Å². The Bertz CT molecular complexity index is 1530. The standard InChI is InChI=1S/C32H31Cl2N5O3/c1-22(23-6-4-3-5-7-23)39(32(41)24-8-11-26(42-2)12-9-24)21-31(40)38-18-16-37(17-19-38)30-15-14-29(35-36-30)27-13-10-25(33)20-28(27)34/h3-15,20,22H,16-19,21H2,1-2H3. The molecule has 5 rings (SSSR count). The molecule has 0 bridgehead atoms. The molecular formula is C32H31Cl2N5O3. The molecule has 0 saturated carbocycles. The SMILES string of the molecule is COc1ccc(C(=O)N(CC(=O)N2CCN(c3ccc(-c4ccc(Cl)cc4Cl)nn3)CC2)C(C)c2ccccc2)cc1. The van der Waals surface area contributed by atoms with Gasteiger partial charge in [-0.05, 0) is 67.1 Å². The Morgan fingerprint density at radius 3 is 2.24 bits per heavy atom. The van der Waals surface area contributed by atoms with E-state index < -0.39 is 0 Å². The highest BCUT2D eigenvalue weighted by molar-refractivity contribution is 6.36. The van der Waals surface area contributed by atoms with Crippen LogP contribution in [0.15, 0.2) is 84.9 Å². The van der Waals surface area contributed by atoms with Gasteiger partial charge < -0.3 is 19.4 Å². The van der Waals surface area contributed by atoms with Crippen LogP contribution in [-0.4, -0.2) is 71.6 Å². The molecule has 1 atom stereocenters. The molecule has 1 aliphatic heterocycles. The minimum atomic E-state index is -0.297. The van der Waals surface area contributed by atoms with E-state index in [9.17, 15) is 9.59 Å². The van der Waals surface area contributed by atoms with Crippen molar-refractivity contribution in [2.45, 2.75) is 13.0 Å². The maximum Gasteiger partial charge on any atom is 0.254 e. The van der Waals surface area contributed by atoms with E-state index in [0.29, 0.717) is 53.2 Å². The molecule has 1 aliphatic rings. The molecule has 2 heterocycles. The second-order valence-electron chi connectivity index (χ2n) is 10.0. The van der Waals surface area contributed by atoms with Gasteiger partial charge in [0.05, 0.1) is 23.9 Å². The predicted octanol–water partition coefficient (Wildman–Crippen LogP) is 6.01. The minimum Gasteiger partial charge on any atom is -0.497 e. The first-order valence-corrected chi connectivity index (χ1v) is 14.4. The Labute approximate surface area is 255 Å². The molecule has 0 N–H and O–H groups in total. The van der Waals surface area contributed by atoms with Gasteiger partial charge in [0.15, 0.2) is 5.82 Å². The van der Waals surface area contributed by atoms with Crippen LogP contribution in [0.1, 0.15) is 28.9 Å². The second kappa shape index (κ2) is 13.2. The molecule has 10 heteroatoms. The lowest BCUT2D eigenvalue weighted by molar-refractivity contribution is -0.132. The summed E-state index contributed by atoms with van der Waals surface area (Å²) in [6.07, 6.45) is 0. The van der Waals surface area contributed by atoms with Crippen molar-refractivity contribution >= 4 is 40.8 Å². The Hall–Kier alpha value is -4.14. The molecular weight excluding hydrogens is 573 g/mol. The Balaban J connectivity index is 1.25. The number of benzene rings is 3. The number of amides is 2. The number of rotatable bonds is 8. The number of nitrogens with zero attached hydrogens (tertiary/aromatic N) is 5. The average Bonchev–Trinajstić information content (AvgIpc) is 3.03. The monoisotopic (exact) mass is 603 g/mol. The number of methoxy groups -OCH3 is 1. The van der Waals surface area contributed by atoms with Crippen molar-refractivity contribution in [1.29, 1.82) is 0 Å². The lowest BCUT2D eigenvalue weighted by atomic mass is 10.1. The topological polar surface area (TPSA) is 78.9 Å². The first-order chi connectivity index (χ1) is 20.3. The summed E-state index contributed by atoms with van der Waals surface area (Å²) in [6, 6.07) is 25.4. The van der Waals surface area contributed by atoms with Crippen LogP contribution < -0.4 is 9.64 Å². The normalized spacial score (nSPS) is 13.9. The van der Waals surface area contributed by atoms with Gasteiger partial charge in [-0.25, -0.2) is 0 Å². The third-order valence-electron chi connectivity index (χ3n) is 7.47. The van der Waals surface area contributed by atoms with Crippen LogP contribution in [0.2, 0.25) is 10.0 Å². The van der Waals surface area contributed by atoms with E-state index in [1.165, 1.54) is 0 Å².